The molecule has 0 aromatic carbocycles. The van der Waals surface area contributed by atoms with Gasteiger partial charge in [-0.3, -0.25) is 0 Å². The predicted molar refractivity (Wildman–Crippen MR) is 74.3 cm³/mol. The second-order valence-electron chi connectivity index (χ2n) is 5.25. The molecule has 0 radical (unpaired) electrons. The van der Waals surface area contributed by atoms with Gasteiger partial charge < -0.3 is 9.73 Å². The number of rotatable bonds is 5. The van der Waals surface area contributed by atoms with Gasteiger partial charge in [-0.2, -0.15) is 0 Å². The minimum absolute atomic E-state index is 0.550. The standard InChI is InChI=1S/C13H22N2O3S/c1-11-3-4-13(18-11)10-14-9-12-5-7-15(8-6-12)19(2,16)17/h3-4,12,14H,5-10H2,1-2H3. The smallest absolute Gasteiger partial charge is 0.211 e. The van der Waals surface area contributed by atoms with Crippen molar-refractivity contribution >= 4 is 10.0 Å². The fraction of sp³-hybridized carbons (Fsp3) is 0.692. The van der Waals surface area contributed by atoms with E-state index in [1.165, 1.54) is 6.26 Å². The molecule has 19 heavy (non-hydrogen) atoms. The maximum atomic E-state index is 11.4. The van der Waals surface area contributed by atoms with E-state index in [-0.39, 0.29) is 0 Å². The van der Waals surface area contributed by atoms with E-state index in [0.29, 0.717) is 19.0 Å². The molecular weight excluding hydrogens is 264 g/mol. The molecule has 1 aliphatic rings. The molecule has 0 amide bonds. The third-order valence-electron chi connectivity index (χ3n) is 3.57. The van der Waals surface area contributed by atoms with Crippen molar-refractivity contribution < 1.29 is 12.8 Å². The van der Waals surface area contributed by atoms with E-state index < -0.39 is 10.0 Å². The Balaban J connectivity index is 1.69. The zero-order valence-electron chi connectivity index (χ0n) is 11.6. The third kappa shape index (κ3) is 4.33. The number of furan rings is 1. The molecule has 0 spiro atoms. The fourth-order valence-electron chi connectivity index (χ4n) is 2.42. The predicted octanol–water partition coefficient (Wildman–Crippen LogP) is 1.35. The molecule has 1 aromatic rings. The van der Waals surface area contributed by atoms with Crippen LogP contribution in [0.3, 0.4) is 0 Å². The second kappa shape index (κ2) is 6.07. The van der Waals surface area contributed by atoms with Gasteiger partial charge in [-0.1, -0.05) is 0 Å². The first-order chi connectivity index (χ1) is 8.95. The molecule has 2 rings (SSSR count). The number of hydrogen-bond donors (Lipinski definition) is 1. The van der Waals surface area contributed by atoms with E-state index in [4.69, 9.17) is 4.42 Å². The third-order valence-corrected chi connectivity index (χ3v) is 4.87. The summed E-state index contributed by atoms with van der Waals surface area (Å²) < 4.78 is 29.8. The number of nitrogens with zero attached hydrogens (tertiary/aromatic N) is 1. The van der Waals surface area contributed by atoms with Gasteiger partial charge in [0.25, 0.3) is 0 Å². The summed E-state index contributed by atoms with van der Waals surface area (Å²) in [5, 5.41) is 3.38. The first-order valence-electron chi connectivity index (χ1n) is 6.66. The number of piperidine rings is 1. The molecule has 0 saturated carbocycles. The lowest BCUT2D eigenvalue weighted by molar-refractivity contribution is 0.266. The lowest BCUT2D eigenvalue weighted by Gasteiger charge is -2.30. The summed E-state index contributed by atoms with van der Waals surface area (Å²) in [4.78, 5) is 0. The number of aryl methyl sites for hydroxylation is 1. The van der Waals surface area contributed by atoms with Gasteiger partial charge in [0.15, 0.2) is 0 Å². The molecule has 1 aliphatic heterocycles. The number of nitrogens with one attached hydrogen (secondary N) is 1. The van der Waals surface area contributed by atoms with Gasteiger partial charge in [-0.25, -0.2) is 12.7 Å². The van der Waals surface area contributed by atoms with Crippen LogP contribution in [0.2, 0.25) is 0 Å². The van der Waals surface area contributed by atoms with Crippen molar-refractivity contribution in [3.05, 3.63) is 23.7 Å². The molecular formula is C13H22N2O3S. The Labute approximate surface area is 115 Å². The number of sulfonamides is 1. The number of hydrogen-bond acceptors (Lipinski definition) is 4. The monoisotopic (exact) mass is 286 g/mol. The Morgan fingerprint density at radius 2 is 2.05 bits per heavy atom. The Morgan fingerprint density at radius 3 is 2.58 bits per heavy atom. The summed E-state index contributed by atoms with van der Waals surface area (Å²) in [5.74, 6) is 2.43. The molecule has 108 valence electrons. The summed E-state index contributed by atoms with van der Waals surface area (Å²) >= 11 is 0. The van der Waals surface area contributed by atoms with Gasteiger partial charge in [-0.15, -0.1) is 0 Å². The highest BCUT2D eigenvalue weighted by molar-refractivity contribution is 7.88. The van der Waals surface area contributed by atoms with Crippen molar-refractivity contribution in [3.63, 3.8) is 0 Å². The van der Waals surface area contributed by atoms with Crippen LogP contribution in [0.1, 0.15) is 24.4 Å². The highest BCUT2D eigenvalue weighted by atomic mass is 32.2. The highest BCUT2D eigenvalue weighted by Gasteiger charge is 2.24. The summed E-state index contributed by atoms with van der Waals surface area (Å²) in [6, 6.07) is 3.94. The van der Waals surface area contributed by atoms with E-state index in [2.05, 4.69) is 5.32 Å². The maximum absolute atomic E-state index is 11.4. The van der Waals surface area contributed by atoms with E-state index in [9.17, 15) is 8.42 Å². The lowest BCUT2D eigenvalue weighted by Crippen LogP contribution is -2.40. The van der Waals surface area contributed by atoms with Crippen molar-refractivity contribution in [2.75, 3.05) is 25.9 Å². The van der Waals surface area contributed by atoms with Crippen molar-refractivity contribution in [2.45, 2.75) is 26.3 Å². The second-order valence-corrected chi connectivity index (χ2v) is 7.23. The molecule has 0 atom stereocenters. The van der Waals surface area contributed by atoms with Crippen LogP contribution in [0.25, 0.3) is 0 Å². The quantitative estimate of drug-likeness (QED) is 0.887. The SMILES string of the molecule is Cc1ccc(CNCC2CCN(S(C)(=O)=O)CC2)o1. The van der Waals surface area contributed by atoms with Crippen LogP contribution in [0.4, 0.5) is 0 Å². The summed E-state index contributed by atoms with van der Waals surface area (Å²) in [5.41, 5.74) is 0. The lowest BCUT2D eigenvalue weighted by atomic mass is 9.98. The van der Waals surface area contributed by atoms with E-state index in [1.807, 2.05) is 19.1 Å². The Morgan fingerprint density at radius 1 is 1.37 bits per heavy atom. The molecule has 1 N–H and O–H groups in total. The minimum Gasteiger partial charge on any atom is -0.465 e. The summed E-state index contributed by atoms with van der Waals surface area (Å²) in [6.07, 6.45) is 3.14. The van der Waals surface area contributed by atoms with Gasteiger partial charge >= 0.3 is 0 Å². The summed E-state index contributed by atoms with van der Waals surface area (Å²) in [7, 11) is -3.01. The van der Waals surface area contributed by atoms with Gasteiger partial charge in [0.1, 0.15) is 11.5 Å². The van der Waals surface area contributed by atoms with Crippen molar-refractivity contribution in [3.8, 4) is 0 Å². The zero-order chi connectivity index (χ0) is 13.9. The van der Waals surface area contributed by atoms with E-state index in [0.717, 1.165) is 37.5 Å². The molecule has 0 aliphatic carbocycles. The average molecular weight is 286 g/mol. The van der Waals surface area contributed by atoms with Gasteiger partial charge in [0.05, 0.1) is 12.8 Å². The minimum atomic E-state index is -3.01. The van der Waals surface area contributed by atoms with Crippen molar-refractivity contribution in [1.29, 1.82) is 0 Å². The first-order valence-corrected chi connectivity index (χ1v) is 8.51. The van der Waals surface area contributed by atoms with Crippen LogP contribution >= 0.6 is 0 Å². The van der Waals surface area contributed by atoms with Gasteiger partial charge in [-0.05, 0) is 44.4 Å². The van der Waals surface area contributed by atoms with Gasteiger partial charge in [0.2, 0.25) is 10.0 Å². The Hall–Kier alpha value is -0.850. The Kier molecular flexibility index (Phi) is 4.65. The molecule has 6 heteroatoms. The van der Waals surface area contributed by atoms with Crippen molar-refractivity contribution in [1.82, 2.24) is 9.62 Å². The van der Waals surface area contributed by atoms with Crippen LogP contribution < -0.4 is 5.32 Å². The molecule has 1 aromatic heterocycles. The van der Waals surface area contributed by atoms with Crippen LogP contribution in [-0.4, -0.2) is 38.6 Å². The Bertz CT molecular complexity index is 502. The van der Waals surface area contributed by atoms with Crippen LogP contribution in [0.5, 0.6) is 0 Å². The molecule has 1 fully saturated rings. The van der Waals surface area contributed by atoms with E-state index in [1.54, 1.807) is 4.31 Å². The van der Waals surface area contributed by atoms with Gasteiger partial charge in [0, 0.05) is 13.1 Å². The first kappa shape index (κ1) is 14.6. The molecule has 1 saturated heterocycles. The largest absolute Gasteiger partial charge is 0.465 e. The molecule has 5 nitrogen and oxygen atoms in total. The molecule has 0 bridgehead atoms. The fourth-order valence-corrected chi connectivity index (χ4v) is 3.30. The summed E-state index contributed by atoms with van der Waals surface area (Å²) in [6.45, 7) is 4.87. The topological polar surface area (TPSA) is 62.6 Å². The molecule has 0 unspecified atom stereocenters. The normalized spacial score (nSPS) is 18.8. The zero-order valence-corrected chi connectivity index (χ0v) is 12.4. The van der Waals surface area contributed by atoms with E-state index >= 15 is 0 Å². The van der Waals surface area contributed by atoms with Crippen LogP contribution in [-0.2, 0) is 16.6 Å². The average Bonchev–Trinajstić information content (AvgIpc) is 2.75. The highest BCUT2D eigenvalue weighted by Crippen LogP contribution is 2.18. The van der Waals surface area contributed by atoms with Crippen molar-refractivity contribution in [2.24, 2.45) is 5.92 Å². The molecule has 2 heterocycles. The van der Waals surface area contributed by atoms with Crippen LogP contribution in [0, 0.1) is 12.8 Å². The van der Waals surface area contributed by atoms with Crippen LogP contribution in [0.15, 0.2) is 16.5 Å². The maximum Gasteiger partial charge on any atom is 0.211 e.